The van der Waals surface area contributed by atoms with Crippen LogP contribution in [0.4, 0.5) is 0 Å². The fourth-order valence-electron chi connectivity index (χ4n) is 2.65. The van der Waals surface area contributed by atoms with Crippen LogP contribution in [0, 0.1) is 13.8 Å². The first kappa shape index (κ1) is 20.9. The van der Waals surface area contributed by atoms with Crippen molar-refractivity contribution in [3.05, 3.63) is 41.3 Å². The quantitative estimate of drug-likeness (QED) is 0.693. The third kappa shape index (κ3) is 5.30. The van der Waals surface area contributed by atoms with Crippen molar-refractivity contribution in [2.24, 2.45) is 0 Å². The normalized spacial score (nSPS) is 11.6. The number of sulfonamides is 1. The molecule has 0 bridgehead atoms. The van der Waals surface area contributed by atoms with Crippen LogP contribution in [0.15, 0.2) is 33.7 Å². The minimum atomic E-state index is -3.71. The summed E-state index contributed by atoms with van der Waals surface area (Å²) in [5.74, 6) is 0.863. The number of benzene rings is 1. The Hall–Kier alpha value is -2.39. The number of rotatable bonds is 9. The average molecular weight is 395 g/mol. The monoisotopic (exact) mass is 395 g/mol. The number of ether oxygens (including phenoxy) is 1. The van der Waals surface area contributed by atoms with E-state index in [1.165, 1.54) is 11.4 Å². The number of aromatic nitrogens is 1. The molecule has 0 atom stereocenters. The van der Waals surface area contributed by atoms with Gasteiger partial charge in [-0.2, -0.15) is 4.31 Å². The highest BCUT2D eigenvalue weighted by atomic mass is 32.2. The number of aryl methyl sites for hydroxylation is 3. The molecule has 0 saturated carbocycles. The lowest BCUT2D eigenvalue weighted by molar-refractivity contribution is -0.121. The maximum Gasteiger partial charge on any atom is 0.248 e. The number of carbonyl (C=O) groups excluding carboxylic acids is 1. The Kier molecular flexibility index (Phi) is 6.98. The molecule has 148 valence electrons. The van der Waals surface area contributed by atoms with Crippen LogP contribution in [-0.4, -0.2) is 51.0 Å². The van der Waals surface area contributed by atoms with E-state index in [-0.39, 0.29) is 29.7 Å². The first-order valence-electron chi connectivity index (χ1n) is 8.54. The molecule has 1 aromatic carbocycles. The van der Waals surface area contributed by atoms with Crippen LogP contribution in [0.3, 0.4) is 0 Å². The Bertz CT molecular complexity index is 873. The van der Waals surface area contributed by atoms with Gasteiger partial charge in [-0.15, -0.1) is 0 Å². The summed E-state index contributed by atoms with van der Waals surface area (Å²) in [5, 5.41) is 6.42. The molecule has 0 saturated heterocycles. The second-order valence-corrected chi connectivity index (χ2v) is 8.16. The average Bonchev–Trinajstić information content (AvgIpc) is 2.99. The molecular formula is C18H25N3O5S. The fourth-order valence-corrected chi connectivity index (χ4v) is 4.10. The molecule has 0 aliphatic rings. The maximum atomic E-state index is 12.6. The number of methoxy groups -OCH3 is 1. The van der Waals surface area contributed by atoms with Crippen molar-refractivity contribution in [2.75, 3.05) is 27.2 Å². The maximum absolute atomic E-state index is 12.6. The Morgan fingerprint density at radius 2 is 2.07 bits per heavy atom. The molecule has 0 radical (unpaired) electrons. The van der Waals surface area contributed by atoms with Gasteiger partial charge >= 0.3 is 0 Å². The van der Waals surface area contributed by atoms with E-state index in [0.29, 0.717) is 18.5 Å². The molecule has 27 heavy (non-hydrogen) atoms. The van der Waals surface area contributed by atoms with E-state index in [2.05, 4.69) is 10.5 Å². The topological polar surface area (TPSA) is 102 Å². The highest BCUT2D eigenvalue weighted by Crippen LogP contribution is 2.22. The van der Waals surface area contributed by atoms with Gasteiger partial charge in [-0.25, -0.2) is 8.42 Å². The summed E-state index contributed by atoms with van der Waals surface area (Å²) in [7, 11) is -0.648. The molecule has 2 rings (SSSR count). The van der Waals surface area contributed by atoms with E-state index in [9.17, 15) is 13.2 Å². The van der Waals surface area contributed by atoms with E-state index in [0.717, 1.165) is 11.3 Å². The summed E-state index contributed by atoms with van der Waals surface area (Å²) in [6, 6.07) is 7.54. The van der Waals surface area contributed by atoms with Crippen LogP contribution in [-0.2, 0) is 21.2 Å². The highest BCUT2D eigenvalue weighted by Gasteiger charge is 2.28. The van der Waals surface area contributed by atoms with Gasteiger partial charge in [-0.05, 0) is 38.0 Å². The van der Waals surface area contributed by atoms with Gasteiger partial charge in [-0.1, -0.05) is 17.3 Å². The summed E-state index contributed by atoms with van der Waals surface area (Å²) >= 11 is 0. The molecule has 8 nitrogen and oxygen atoms in total. The van der Waals surface area contributed by atoms with Crippen LogP contribution in [0.5, 0.6) is 5.75 Å². The largest absolute Gasteiger partial charge is 0.497 e. The summed E-state index contributed by atoms with van der Waals surface area (Å²) in [4.78, 5) is 12.1. The molecule has 0 aliphatic carbocycles. The molecule has 1 heterocycles. The van der Waals surface area contributed by atoms with Crippen molar-refractivity contribution in [1.82, 2.24) is 14.8 Å². The van der Waals surface area contributed by atoms with Gasteiger partial charge in [0.05, 0.1) is 7.11 Å². The lowest BCUT2D eigenvalue weighted by Gasteiger charge is -2.17. The van der Waals surface area contributed by atoms with Crippen molar-refractivity contribution in [3.63, 3.8) is 0 Å². The predicted molar refractivity (Wildman–Crippen MR) is 100 cm³/mol. The Labute approximate surface area is 159 Å². The number of amides is 1. The molecule has 9 heteroatoms. The fraction of sp³-hybridized carbons (Fsp3) is 0.444. The predicted octanol–water partition coefficient (Wildman–Crippen LogP) is 1.67. The minimum Gasteiger partial charge on any atom is -0.497 e. The van der Waals surface area contributed by atoms with E-state index >= 15 is 0 Å². The number of nitrogens with one attached hydrogen (secondary N) is 1. The SMILES string of the molecule is COc1cccc(CCC(=O)NCCN(C)S(=O)(=O)c2c(C)noc2C)c1. The molecule has 1 N–H and O–H groups in total. The first-order chi connectivity index (χ1) is 12.8. The van der Waals surface area contributed by atoms with Crippen LogP contribution < -0.4 is 10.1 Å². The second-order valence-electron chi connectivity index (χ2n) is 6.18. The van der Waals surface area contributed by atoms with Gasteiger partial charge in [0.2, 0.25) is 15.9 Å². The second kappa shape index (κ2) is 9.01. The van der Waals surface area contributed by atoms with Crippen LogP contribution in [0.1, 0.15) is 23.4 Å². The first-order valence-corrected chi connectivity index (χ1v) is 9.98. The van der Waals surface area contributed by atoms with Gasteiger partial charge in [-0.3, -0.25) is 4.79 Å². The lowest BCUT2D eigenvalue weighted by Crippen LogP contribution is -2.36. The van der Waals surface area contributed by atoms with Crippen LogP contribution >= 0.6 is 0 Å². The summed E-state index contributed by atoms with van der Waals surface area (Å²) in [5.41, 5.74) is 1.32. The van der Waals surface area contributed by atoms with Crippen molar-refractivity contribution < 1.29 is 22.5 Å². The number of carbonyl (C=O) groups is 1. The molecule has 0 unspecified atom stereocenters. The molecule has 0 aliphatic heterocycles. The Morgan fingerprint density at radius 1 is 1.33 bits per heavy atom. The van der Waals surface area contributed by atoms with E-state index in [1.54, 1.807) is 21.0 Å². The zero-order chi connectivity index (χ0) is 20.0. The smallest absolute Gasteiger partial charge is 0.248 e. The van der Waals surface area contributed by atoms with Crippen molar-refractivity contribution in [3.8, 4) is 5.75 Å². The van der Waals surface area contributed by atoms with Crippen molar-refractivity contribution in [1.29, 1.82) is 0 Å². The van der Waals surface area contributed by atoms with Gasteiger partial charge in [0.25, 0.3) is 0 Å². The van der Waals surface area contributed by atoms with Gasteiger partial charge < -0.3 is 14.6 Å². The van der Waals surface area contributed by atoms with Gasteiger partial charge in [0.1, 0.15) is 16.3 Å². The number of hydrogen-bond acceptors (Lipinski definition) is 6. The zero-order valence-corrected chi connectivity index (χ0v) is 16.8. The molecule has 2 aromatic rings. The number of likely N-dealkylation sites (N-methyl/N-ethyl adjacent to an activating group) is 1. The molecular weight excluding hydrogens is 370 g/mol. The molecule has 0 fully saturated rings. The van der Waals surface area contributed by atoms with Crippen molar-refractivity contribution >= 4 is 15.9 Å². The summed E-state index contributed by atoms with van der Waals surface area (Å²) in [6.45, 7) is 3.51. The Balaban J connectivity index is 1.82. The zero-order valence-electron chi connectivity index (χ0n) is 16.0. The van der Waals surface area contributed by atoms with Crippen LogP contribution in [0.25, 0.3) is 0 Å². The van der Waals surface area contributed by atoms with Gasteiger partial charge in [0.15, 0.2) is 5.76 Å². The number of nitrogens with zero attached hydrogens (tertiary/aromatic N) is 2. The molecule has 1 aromatic heterocycles. The van der Waals surface area contributed by atoms with E-state index in [1.807, 2.05) is 24.3 Å². The molecule has 0 spiro atoms. The molecule has 1 amide bonds. The summed E-state index contributed by atoms with van der Waals surface area (Å²) < 4.78 is 36.4. The third-order valence-electron chi connectivity index (χ3n) is 4.16. The van der Waals surface area contributed by atoms with E-state index in [4.69, 9.17) is 9.26 Å². The van der Waals surface area contributed by atoms with Crippen LogP contribution in [0.2, 0.25) is 0 Å². The lowest BCUT2D eigenvalue weighted by atomic mass is 10.1. The van der Waals surface area contributed by atoms with E-state index < -0.39 is 10.0 Å². The standard InChI is InChI=1S/C18H25N3O5S/c1-13-18(14(2)26-20-13)27(23,24)21(3)11-10-19-17(22)9-8-15-6-5-7-16(12-15)25-4/h5-7,12H,8-11H2,1-4H3,(H,19,22). The minimum absolute atomic E-state index is 0.0781. The Morgan fingerprint density at radius 3 is 2.70 bits per heavy atom. The van der Waals surface area contributed by atoms with Crippen molar-refractivity contribution in [2.45, 2.75) is 31.6 Å². The highest BCUT2D eigenvalue weighted by molar-refractivity contribution is 7.89. The number of hydrogen-bond donors (Lipinski definition) is 1. The summed E-state index contributed by atoms with van der Waals surface area (Å²) in [6.07, 6.45) is 0.893. The van der Waals surface area contributed by atoms with Gasteiger partial charge in [0, 0.05) is 26.6 Å². The third-order valence-corrected chi connectivity index (χ3v) is 6.26.